The summed E-state index contributed by atoms with van der Waals surface area (Å²) in [5.74, 6) is 0.622. The molecule has 0 radical (unpaired) electrons. The van der Waals surface area contributed by atoms with Crippen molar-refractivity contribution < 1.29 is 9.59 Å². The minimum Gasteiger partial charge on any atom is -0.334 e. The van der Waals surface area contributed by atoms with Gasteiger partial charge in [0.2, 0.25) is 11.8 Å². The van der Waals surface area contributed by atoms with Gasteiger partial charge in [0.1, 0.15) is 5.82 Å². The number of carbonyl (C=O) groups excluding carboxylic acids is 2. The Bertz CT molecular complexity index is 923. The average molecular weight is 365 g/mol. The molecule has 2 amide bonds. The summed E-state index contributed by atoms with van der Waals surface area (Å²) in [6, 6.07) is 8.06. The van der Waals surface area contributed by atoms with Crippen LogP contribution in [0.4, 0.5) is 5.82 Å². The molecule has 2 aromatic rings. The molecule has 1 aromatic carbocycles. The van der Waals surface area contributed by atoms with Crippen LogP contribution in [-0.4, -0.2) is 28.2 Å². The fourth-order valence-corrected chi connectivity index (χ4v) is 3.60. The number of hydrogen-bond donors (Lipinski definition) is 2. The van der Waals surface area contributed by atoms with Crippen LogP contribution in [-0.2, 0) is 29.0 Å². The van der Waals surface area contributed by atoms with Crippen LogP contribution >= 0.6 is 12.6 Å². The number of amides is 2. The van der Waals surface area contributed by atoms with Crippen LogP contribution in [0.2, 0.25) is 0 Å². The lowest BCUT2D eigenvalue weighted by atomic mass is 10.00. The number of thiol groups is 1. The predicted octanol–water partition coefficient (Wildman–Crippen LogP) is 2.85. The fraction of sp³-hybridized carbons (Fsp3) is 0.250. The summed E-state index contributed by atoms with van der Waals surface area (Å²) in [6.07, 6.45) is 7.07. The van der Waals surface area contributed by atoms with Crippen molar-refractivity contribution in [3.05, 3.63) is 58.8 Å². The molecule has 0 atom stereocenters. The lowest BCUT2D eigenvalue weighted by Crippen LogP contribution is -2.34. The molecule has 1 N–H and O–H groups in total. The normalized spacial score (nSPS) is 16.2. The Morgan fingerprint density at radius 3 is 2.92 bits per heavy atom. The Hall–Kier alpha value is -2.60. The van der Waals surface area contributed by atoms with Gasteiger partial charge >= 0.3 is 0 Å². The summed E-state index contributed by atoms with van der Waals surface area (Å²) in [6.45, 7) is 1.34. The maximum absolute atomic E-state index is 12.5. The molecule has 0 unspecified atom stereocenters. The van der Waals surface area contributed by atoms with E-state index in [1.54, 1.807) is 18.3 Å². The first kappa shape index (κ1) is 16.8. The minimum absolute atomic E-state index is 0.00103. The van der Waals surface area contributed by atoms with E-state index in [1.807, 2.05) is 23.1 Å². The van der Waals surface area contributed by atoms with E-state index in [-0.39, 0.29) is 11.8 Å². The second-order valence-corrected chi connectivity index (χ2v) is 7.14. The van der Waals surface area contributed by atoms with E-state index >= 15 is 0 Å². The Morgan fingerprint density at radius 1 is 1.15 bits per heavy atom. The summed E-state index contributed by atoms with van der Waals surface area (Å²) in [5, 5.41) is 2.76. The second-order valence-electron chi connectivity index (χ2n) is 6.62. The highest BCUT2D eigenvalue weighted by molar-refractivity contribution is 7.80. The van der Waals surface area contributed by atoms with Crippen LogP contribution in [0.1, 0.15) is 28.7 Å². The number of anilines is 1. The largest absolute Gasteiger partial charge is 0.334 e. The first-order chi connectivity index (χ1) is 12.6. The van der Waals surface area contributed by atoms with E-state index in [0.29, 0.717) is 31.7 Å². The van der Waals surface area contributed by atoms with Gasteiger partial charge in [-0.15, -0.1) is 12.6 Å². The highest BCUT2D eigenvalue weighted by atomic mass is 32.1. The van der Waals surface area contributed by atoms with Gasteiger partial charge < -0.3 is 10.2 Å². The number of pyridine rings is 1. The third-order valence-corrected chi connectivity index (χ3v) is 5.08. The van der Waals surface area contributed by atoms with Gasteiger partial charge in [-0.1, -0.05) is 6.07 Å². The predicted molar refractivity (Wildman–Crippen MR) is 103 cm³/mol. The molecule has 2 aliphatic heterocycles. The maximum atomic E-state index is 12.5. The quantitative estimate of drug-likeness (QED) is 0.635. The van der Waals surface area contributed by atoms with Gasteiger partial charge in [-0.2, -0.15) is 0 Å². The van der Waals surface area contributed by atoms with E-state index in [4.69, 9.17) is 0 Å². The molecule has 6 heteroatoms. The Labute approximate surface area is 157 Å². The van der Waals surface area contributed by atoms with Crippen LogP contribution < -0.4 is 5.32 Å². The number of hydrogen-bond acceptors (Lipinski definition) is 4. The SMILES string of the molecule is O=C1CCc2cc(/C=C/C(=O)N3CCc4cc(S)ccc4C3)cnc2N1. The van der Waals surface area contributed by atoms with Gasteiger partial charge in [0, 0.05) is 36.7 Å². The molecule has 4 rings (SSSR count). The molecule has 0 saturated heterocycles. The standard InChI is InChI=1S/C20H19N3O2S/c24-18-5-3-15-9-13(11-21-20(15)22-18)1-6-19(25)23-8-7-14-10-17(26)4-2-16(14)12-23/h1-2,4,6,9-11,26H,3,5,7-8,12H2,(H,21,22,24)/b6-1+. The van der Waals surface area contributed by atoms with Gasteiger partial charge in [-0.05, 0) is 59.4 Å². The highest BCUT2D eigenvalue weighted by Gasteiger charge is 2.19. The molecule has 1 aromatic heterocycles. The lowest BCUT2D eigenvalue weighted by Gasteiger charge is -2.28. The first-order valence-electron chi connectivity index (χ1n) is 8.65. The summed E-state index contributed by atoms with van der Waals surface area (Å²) in [7, 11) is 0. The van der Waals surface area contributed by atoms with Crippen molar-refractivity contribution in [1.29, 1.82) is 0 Å². The van der Waals surface area contributed by atoms with Crippen LogP contribution in [0.5, 0.6) is 0 Å². The van der Waals surface area contributed by atoms with Crippen LogP contribution in [0.15, 0.2) is 41.4 Å². The Morgan fingerprint density at radius 2 is 2.04 bits per heavy atom. The Kier molecular flexibility index (Phi) is 4.51. The number of fused-ring (bicyclic) bond motifs is 2. The topological polar surface area (TPSA) is 62.3 Å². The zero-order valence-corrected chi connectivity index (χ0v) is 15.1. The number of benzene rings is 1. The van der Waals surface area contributed by atoms with E-state index in [1.165, 1.54) is 11.1 Å². The summed E-state index contributed by atoms with van der Waals surface area (Å²) >= 11 is 4.37. The number of nitrogens with one attached hydrogen (secondary N) is 1. The summed E-state index contributed by atoms with van der Waals surface area (Å²) < 4.78 is 0. The van der Waals surface area contributed by atoms with Gasteiger partial charge in [0.05, 0.1) is 0 Å². The molecule has 3 heterocycles. The monoisotopic (exact) mass is 365 g/mol. The lowest BCUT2D eigenvalue weighted by molar-refractivity contribution is -0.126. The van der Waals surface area contributed by atoms with Gasteiger partial charge in [0.25, 0.3) is 0 Å². The third kappa shape index (κ3) is 3.51. The zero-order valence-electron chi connectivity index (χ0n) is 14.2. The molecular formula is C20H19N3O2S. The van der Waals surface area contributed by atoms with Crippen molar-refractivity contribution in [2.24, 2.45) is 0 Å². The van der Waals surface area contributed by atoms with Crippen LogP contribution in [0.3, 0.4) is 0 Å². The molecule has 0 spiro atoms. The summed E-state index contributed by atoms with van der Waals surface area (Å²) in [5.41, 5.74) is 4.33. The van der Waals surface area contributed by atoms with E-state index in [2.05, 4.69) is 29.0 Å². The molecule has 5 nitrogen and oxygen atoms in total. The number of aromatic nitrogens is 1. The smallest absolute Gasteiger partial charge is 0.246 e. The summed E-state index contributed by atoms with van der Waals surface area (Å²) in [4.78, 5) is 31.0. The van der Waals surface area contributed by atoms with Crippen molar-refractivity contribution in [2.45, 2.75) is 30.7 Å². The maximum Gasteiger partial charge on any atom is 0.246 e. The molecule has 0 saturated carbocycles. The van der Waals surface area contributed by atoms with Crippen molar-refractivity contribution in [2.75, 3.05) is 11.9 Å². The van der Waals surface area contributed by atoms with Crippen molar-refractivity contribution in [3.8, 4) is 0 Å². The number of rotatable bonds is 2. The molecule has 2 aliphatic rings. The Balaban J connectivity index is 1.45. The third-order valence-electron chi connectivity index (χ3n) is 4.80. The average Bonchev–Trinajstić information content (AvgIpc) is 2.65. The fourth-order valence-electron chi connectivity index (χ4n) is 3.37. The number of aryl methyl sites for hydroxylation is 1. The van der Waals surface area contributed by atoms with E-state index < -0.39 is 0 Å². The van der Waals surface area contributed by atoms with Crippen molar-refractivity contribution in [1.82, 2.24) is 9.88 Å². The molecular weight excluding hydrogens is 346 g/mol. The van der Waals surface area contributed by atoms with Crippen LogP contribution in [0, 0.1) is 0 Å². The highest BCUT2D eigenvalue weighted by Crippen LogP contribution is 2.23. The zero-order chi connectivity index (χ0) is 18.1. The first-order valence-corrected chi connectivity index (χ1v) is 9.10. The molecule has 132 valence electrons. The molecule has 0 fully saturated rings. The van der Waals surface area contributed by atoms with Crippen LogP contribution in [0.25, 0.3) is 6.08 Å². The minimum atomic E-state index is -0.00313. The number of nitrogens with zero attached hydrogens (tertiary/aromatic N) is 2. The number of carbonyl (C=O) groups is 2. The van der Waals surface area contributed by atoms with E-state index in [0.717, 1.165) is 22.4 Å². The van der Waals surface area contributed by atoms with Gasteiger partial charge in [0.15, 0.2) is 0 Å². The van der Waals surface area contributed by atoms with Crippen molar-refractivity contribution in [3.63, 3.8) is 0 Å². The van der Waals surface area contributed by atoms with Gasteiger partial charge in [-0.3, -0.25) is 9.59 Å². The van der Waals surface area contributed by atoms with E-state index in [9.17, 15) is 9.59 Å². The molecule has 0 aliphatic carbocycles. The van der Waals surface area contributed by atoms with Gasteiger partial charge in [-0.25, -0.2) is 4.98 Å². The van der Waals surface area contributed by atoms with Crippen molar-refractivity contribution >= 4 is 36.3 Å². The second kappa shape index (κ2) is 6.96. The molecule has 26 heavy (non-hydrogen) atoms. The molecule has 0 bridgehead atoms.